The highest BCUT2D eigenvalue weighted by Crippen LogP contribution is 2.12. The molecule has 5 nitrogen and oxygen atoms in total. The van der Waals surface area contributed by atoms with Gasteiger partial charge in [-0.3, -0.25) is 4.79 Å². The molecule has 1 aromatic heterocycles. The molecule has 0 atom stereocenters. The van der Waals surface area contributed by atoms with E-state index in [2.05, 4.69) is 10.3 Å². The lowest BCUT2D eigenvalue weighted by molar-refractivity contribution is -0.131. The van der Waals surface area contributed by atoms with Gasteiger partial charge in [0.25, 0.3) is 5.91 Å². The van der Waals surface area contributed by atoms with Crippen LogP contribution in [0.3, 0.4) is 0 Å². The molecule has 0 saturated heterocycles. The van der Waals surface area contributed by atoms with Gasteiger partial charge in [0, 0.05) is 11.5 Å². The van der Waals surface area contributed by atoms with Crippen LogP contribution in [0.25, 0.3) is 6.08 Å². The van der Waals surface area contributed by atoms with Crippen molar-refractivity contribution in [2.75, 3.05) is 0 Å². The Bertz CT molecular complexity index is 684. The summed E-state index contributed by atoms with van der Waals surface area (Å²) < 4.78 is 13.7. The van der Waals surface area contributed by atoms with Crippen molar-refractivity contribution < 1.29 is 19.1 Å². The number of carbonyl (C=O) groups is 2. The average Bonchev–Trinajstić information content (AvgIpc) is 2.97. The number of nitrogens with one attached hydrogen (secondary N) is 1. The fourth-order valence-corrected chi connectivity index (χ4v) is 2.14. The SMILES string of the molecule is O=C(O)C=Cc1ccc(F)c(C(=O)NCc2cscn2)c1. The Kier molecular flexibility index (Phi) is 4.78. The predicted octanol–water partition coefficient (Wildman–Crippen LogP) is 2.31. The number of aliphatic carboxylic acids is 1. The number of carboxylic acids is 1. The summed E-state index contributed by atoms with van der Waals surface area (Å²) in [5.41, 5.74) is 2.62. The molecule has 0 saturated carbocycles. The summed E-state index contributed by atoms with van der Waals surface area (Å²) in [7, 11) is 0. The first-order valence-electron chi connectivity index (χ1n) is 5.92. The zero-order valence-corrected chi connectivity index (χ0v) is 11.6. The Morgan fingerprint density at radius 2 is 2.24 bits per heavy atom. The third kappa shape index (κ3) is 4.22. The molecule has 0 radical (unpaired) electrons. The van der Waals surface area contributed by atoms with Gasteiger partial charge >= 0.3 is 5.97 Å². The Morgan fingerprint density at radius 3 is 2.90 bits per heavy atom. The summed E-state index contributed by atoms with van der Waals surface area (Å²) in [4.78, 5) is 26.4. The molecule has 2 rings (SSSR count). The molecule has 0 bridgehead atoms. The monoisotopic (exact) mass is 306 g/mol. The van der Waals surface area contributed by atoms with E-state index < -0.39 is 17.7 Å². The molecular weight excluding hydrogens is 295 g/mol. The van der Waals surface area contributed by atoms with Crippen LogP contribution in [0.4, 0.5) is 4.39 Å². The molecule has 108 valence electrons. The quantitative estimate of drug-likeness (QED) is 0.831. The van der Waals surface area contributed by atoms with Crippen molar-refractivity contribution in [1.82, 2.24) is 10.3 Å². The van der Waals surface area contributed by atoms with Crippen molar-refractivity contribution in [2.24, 2.45) is 0 Å². The summed E-state index contributed by atoms with van der Waals surface area (Å²) in [5.74, 6) is -2.36. The smallest absolute Gasteiger partial charge is 0.328 e. The van der Waals surface area contributed by atoms with Crippen LogP contribution in [-0.2, 0) is 11.3 Å². The Balaban J connectivity index is 2.12. The fourth-order valence-electron chi connectivity index (χ4n) is 1.58. The maximum atomic E-state index is 13.7. The molecule has 0 fully saturated rings. The van der Waals surface area contributed by atoms with Gasteiger partial charge in [0.15, 0.2) is 0 Å². The summed E-state index contributed by atoms with van der Waals surface area (Å²) >= 11 is 1.40. The molecule has 1 heterocycles. The molecule has 0 aliphatic carbocycles. The van der Waals surface area contributed by atoms with Gasteiger partial charge in [0.2, 0.25) is 0 Å². The lowest BCUT2D eigenvalue weighted by Gasteiger charge is -2.05. The number of nitrogens with zero attached hydrogens (tertiary/aromatic N) is 1. The van der Waals surface area contributed by atoms with Crippen molar-refractivity contribution in [1.29, 1.82) is 0 Å². The van der Waals surface area contributed by atoms with Crippen molar-refractivity contribution in [3.63, 3.8) is 0 Å². The van der Waals surface area contributed by atoms with Gasteiger partial charge in [-0.15, -0.1) is 11.3 Å². The topological polar surface area (TPSA) is 79.3 Å². The van der Waals surface area contributed by atoms with Gasteiger partial charge in [-0.1, -0.05) is 6.07 Å². The second-order valence-corrected chi connectivity index (χ2v) is 4.79. The van der Waals surface area contributed by atoms with E-state index in [1.54, 1.807) is 10.9 Å². The predicted molar refractivity (Wildman–Crippen MR) is 76.4 cm³/mol. The van der Waals surface area contributed by atoms with Crippen molar-refractivity contribution >= 4 is 29.3 Å². The molecule has 0 aliphatic heterocycles. The Labute approximate surface area is 123 Å². The van der Waals surface area contributed by atoms with Gasteiger partial charge in [-0.2, -0.15) is 0 Å². The summed E-state index contributed by atoms with van der Waals surface area (Å²) in [6, 6.07) is 3.82. The standard InChI is InChI=1S/C14H11FN2O3S/c15-12-3-1-9(2-4-13(18)19)5-11(12)14(20)16-6-10-7-21-8-17-10/h1-5,7-8H,6H2,(H,16,20)(H,18,19). The van der Waals surface area contributed by atoms with Crippen LogP contribution in [0.5, 0.6) is 0 Å². The van der Waals surface area contributed by atoms with E-state index in [-0.39, 0.29) is 12.1 Å². The first-order valence-corrected chi connectivity index (χ1v) is 6.86. The molecule has 21 heavy (non-hydrogen) atoms. The second kappa shape index (κ2) is 6.76. The highest BCUT2D eigenvalue weighted by Gasteiger charge is 2.12. The van der Waals surface area contributed by atoms with Gasteiger partial charge in [-0.05, 0) is 23.8 Å². The van der Waals surface area contributed by atoms with E-state index in [1.165, 1.54) is 29.5 Å². The second-order valence-electron chi connectivity index (χ2n) is 4.07. The fraction of sp³-hybridized carbons (Fsp3) is 0.0714. The number of benzene rings is 1. The van der Waals surface area contributed by atoms with E-state index in [0.717, 1.165) is 12.1 Å². The molecule has 0 aliphatic rings. The van der Waals surface area contributed by atoms with Crippen LogP contribution in [-0.4, -0.2) is 22.0 Å². The Morgan fingerprint density at radius 1 is 1.43 bits per heavy atom. The van der Waals surface area contributed by atoms with Crippen molar-refractivity contribution in [2.45, 2.75) is 6.54 Å². The van der Waals surface area contributed by atoms with Crippen LogP contribution < -0.4 is 5.32 Å². The number of rotatable bonds is 5. The number of hydrogen-bond donors (Lipinski definition) is 2. The molecule has 2 N–H and O–H groups in total. The number of hydrogen-bond acceptors (Lipinski definition) is 4. The number of carbonyl (C=O) groups excluding carboxylic acids is 1. The minimum absolute atomic E-state index is 0.141. The van der Waals surface area contributed by atoms with Gasteiger partial charge in [-0.25, -0.2) is 14.2 Å². The van der Waals surface area contributed by atoms with E-state index in [1.807, 2.05) is 0 Å². The van der Waals surface area contributed by atoms with Crippen molar-refractivity contribution in [3.8, 4) is 0 Å². The van der Waals surface area contributed by atoms with Gasteiger partial charge in [0.1, 0.15) is 5.82 Å². The summed E-state index contributed by atoms with van der Waals surface area (Å²) in [5, 5.41) is 12.9. The van der Waals surface area contributed by atoms with Crippen LogP contribution in [0.2, 0.25) is 0 Å². The van der Waals surface area contributed by atoms with E-state index in [9.17, 15) is 14.0 Å². The zero-order valence-electron chi connectivity index (χ0n) is 10.7. The molecule has 1 aromatic carbocycles. The maximum Gasteiger partial charge on any atom is 0.328 e. The number of amides is 1. The summed E-state index contributed by atoms with van der Waals surface area (Å²) in [6.07, 6.45) is 2.21. The molecule has 1 amide bonds. The molecule has 2 aromatic rings. The molecule has 0 spiro atoms. The van der Waals surface area contributed by atoms with Crippen LogP contribution >= 0.6 is 11.3 Å². The highest BCUT2D eigenvalue weighted by atomic mass is 32.1. The van der Waals surface area contributed by atoms with Crippen LogP contribution in [0.15, 0.2) is 35.2 Å². The maximum absolute atomic E-state index is 13.7. The first-order chi connectivity index (χ1) is 10.1. The van der Waals surface area contributed by atoms with Gasteiger partial charge in [0.05, 0.1) is 23.3 Å². The molecule has 7 heteroatoms. The molecule has 0 unspecified atom stereocenters. The largest absolute Gasteiger partial charge is 0.478 e. The number of carboxylic acid groups (broad SMARTS) is 1. The van der Waals surface area contributed by atoms with Crippen LogP contribution in [0, 0.1) is 5.82 Å². The third-order valence-electron chi connectivity index (χ3n) is 2.57. The summed E-state index contributed by atoms with van der Waals surface area (Å²) in [6.45, 7) is 0.205. The van der Waals surface area contributed by atoms with Crippen molar-refractivity contribution in [3.05, 3.63) is 57.8 Å². The highest BCUT2D eigenvalue weighted by molar-refractivity contribution is 7.07. The minimum Gasteiger partial charge on any atom is -0.478 e. The zero-order chi connectivity index (χ0) is 15.2. The van der Waals surface area contributed by atoms with E-state index in [4.69, 9.17) is 5.11 Å². The van der Waals surface area contributed by atoms with Crippen LogP contribution in [0.1, 0.15) is 21.6 Å². The normalized spacial score (nSPS) is 10.7. The lowest BCUT2D eigenvalue weighted by atomic mass is 10.1. The average molecular weight is 306 g/mol. The lowest BCUT2D eigenvalue weighted by Crippen LogP contribution is -2.24. The van der Waals surface area contributed by atoms with Gasteiger partial charge < -0.3 is 10.4 Å². The van der Waals surface area contributed by atoms with E-state index in [0.29, 0.717) is 11.3 Å². The van der Waals surface area contributed by atoms with E-state index >= 15 is 0 Å². The molecular formula is C14H11FN2O3S. The minimum atomic E-state index is -1.12. The number of aromatic nitrogens is 1. The third-order valence-corrected chi connectivity index (χ3v) is 3.20. The first kappa shape index (κ1) is 14.9. The number of thiazole rings is 1. The Hall–Kier alpha value is -2.54. The number of halogens is 1.